The first-order valence-electron chi connectivity index (χ1n) is 5.23. The number of hydrogen-bond acceptors (Lipinski definition) is 3. The van der Waals surface area contributed by atoms with Crippen LogP contribution in [0.5, 0.6) is 0 Å². The normalized spacial score (nSPS) is 23.1. The molecule has 1 heterocycles. The molecule has 1 aliphatic rings. The summed E-state index contributed by atoms with van der Waals surface area (Å²) in [5, 5.41) is 3.36. The molecule has 0 radical (unpaired) electrons. The average molecular weight is 185 g/mol. The number of hydrogen-bond donors (Lipinski definition) is 2. The molecule has 1 rings (SSSR count). The van der Waals surface area contributed by atoms with Crippen LogP contribution in [0.4, 0.5) is 0 Å². The monoisotopic (exact) mass is 185 g/mol. The van der Waals surface area contributed by atoms with Crippen molar-refractivity contribution < 1.29 is 0 Å². The molecule has 3 nitrogen and oxygen atoms in total. The summed E-state index contributed by atoms with van der Waals surface area (Å²) in [5.41, 5.74) is 5.96. The minimum Gasteiger partial charge on any atom is -0.326 e. The van der Waals surface area contributed by atoms with E-state index < -0.39 is 0 Å². The van der Waals surface area contributed by atoms with E-state index in [1.807, 2.05) is 0 Å². The maximum atomic E-state index is 6.00. The van der Waals surface area contributed by atoms with Crippen molar-refractivity contribution in [2.45, 2.75) is 38.8 Å². The van der Waals surface area contributed by atoms with Crippen molar-refractivity contribution in [3.8, 4) is 0 Å². The van der Waals surface area contributed by atoms with Gasteiger partial charge in [0.25, 0.3) is 0 Å². The number of nitrogens with zero attached hydrogens (tertiary/aromatic N) is 1. The fourth-order valence-corrected chi connectivity index (χ4v) is 2.01. The molecule has 3 heteroatoms. The molecule has 0 aliphatic carbocycles. The van der Waals surface area contributed by atoms with Gasteiger partial charge in [-0.05, 0) is 27.2 Å². The Morgan fingerprint density at radius 2 is 1.92 bits per heavy atom. The van der Waals surface area contributed by atoms with Crippen molar-refractivity contribution in [3.05, 3.63) is 0 Å². The second-order valence-corrected chi connectivity index (χ2v) is 4.83. The lowest BCUT2D eigenvalue weighted by molar-refractivity contribution is 0.159. The van der Waals surface area contributed by atoms with Gasteiger partial charge in [-0.1, -0.05) is 0 Å². The summed E-state index contributed by atoms with van der Waals surface area (Å²) in [6, 6.07) is 0.613. The van der Waals surface area contributed by atoms with Gasteiger partial charge in [-0.3, -0.25) is 4.90 Å². The molecule has 13 heavy (non-hydrogen) atoms. The second-order valence-electron chi connectivity index (χ2n) is 4.83. The zero-order valence-electron chi connectivity index (χ0n) is 9.14. The zero-order valence-corrected chi connectivity index (χ0v) is 9.14. The van der Waals surface area contributed by atoms with E-state index in [0.29, 0.717) is 6.04 Å². The Morgan fingerprint density at radius 1 is 1.38 bits per heavy atom. The van der Waals surface area contributed by atoms with E-state index in [9.17, 15) is 0 Å². The lowest BCUT2D eigenvalue weighted by Crippen LogP contribution is -2.50. The largest absolute Gasteiger partial charge is 0.326 e. The summed E-state index contributed by atoms with van der Waals surface area (Å²) < 4.78 is 0. The Morgan fingerprint density at radius 3 is 2.38 bits per heavy atom. The highest BCUT2D eigenvalue weighted by atomic mass is 15.2. The quantitative estimate of drug-likeness (QED) is 0.669. The third kappa shape index (κ3) is 4.07. The van der Waals surface area contributed by atoms with E-state index in [1.165, 1.54) is 0 Å². The maximum absolute atomic E-state index is 6.00. The van der Waals surface area contributed by atoms with Crippen LogP contribution in [0.2, 0.25) is 0 Å². The SMILES string of the molecule is CC(CC(C)(C)N)N1CCNCC1. The first-order valence-corrected chi connectivity index (χ1v) is 5.23. The molecule has 78 valence electrons. The molecule has 0 aromatic carbocycles. The molecule has 0 amide bonds. The van der Waals surface area contributed by atoms with E-state index in [-0.39, 0.29) is 5.54 Å². The summed E-state index contributed by atoms with van der Waals surface area (Å²) >= 11 is 0. The predicted molar refractivity (Wildman–Crippen MR) is 56.8 cm³/mol. The van der Waals surface area contributed by atoms with Gasteiger partial charge < -0.3 is 11.1 Å². The topological polar surface area (TPSA) is 41.3 Å². The molecule has 0 spiro atoms. The minimum atomic E-state index is -0.0374. The van der Waals surface area contributed by atoms with Crippen molar-refractivity contribution in [1.82, 2.24) is 10.2 Å². The highest BCUT2D eigenvalue weighted by Crippen LogP contribution is 2.13. The molecular weight excluding hydrogens is 162 g/mol. The second kappa shape index (κ2) is 4.40. The average Bonchev–Trinajstić information content (AvgIpc) is 2.03. The standard InChI is InChI=1S/C10H23N3/c1-9(8-10(2,3)11)13-6-4-12-5-7-13/h9,12H,4-8,11H2,1-3H3. The number of nitrogens with one attached hydrogen (secondary N) is 1. The van der Waals surface area contributed by atoms with Gasteiger partial charge in [-0.2, -0.15) is 0 Å². The number of piperazine rings is 1. The van der Waals surface area contributed by atoms with Crippen LogP contribution in [-0.4, -0.2) is 42.7 Å². The smallest absolute Gasteiger partial charge is 0.0112 e. The van der Waals surface area contributed by atoms with Gasteiger partial charge in [0.1, 0.15) is 0 Å². The first-order chi connectivity index (χ1) is 5.99. The molecule has 0 aromatic rings. The molecule has 1 atom stereocenters. The van der Waals surface area contributed by atoms with E-state index in [1.54, 1.807) is 0 Å². The summed E-state index contributed by atoms with van der Waals surface area (Å²) in [6.07, 6.45) is 1.08. The minimum absolute atomic E-state index is 0.0374. The van der Waals surface area contributed by atoms with Crippen LogP contribution in [0, 0.1) is 0 Å². The van der Waals surface area contributed by atoms with Crippen molar-refractivity contribution >= 4 is 0 Å². The molecular formula is C10H23N3. The third-order valence-electron chi connectivity index (χ3n) is 2.60. The molecule has 1 aliphatic heterocycles. The van der Waals surface area contributed by atoms with Crippen LogP contribution in [-0.2, 0) is 0 Å². The highest BCUT2D eigenvalue weighted by molar-refractivity contribution is 4.81. The van der Waals surface area contributed by atoms with Gasteiger partial charge in [0.2, 0.25) is 0 Å². The fraction of sp³-hybridized carbons (Fsp3) is 1.00. The molecule has 0 saturated carbocycles. The van der Waals surface area contributed by atoms with E-state index in [0.717, 1.165) is 32.6 Å². The van der Waals surface area contributed by atoms with Crippen LogP contribution in [0.1, 0.15) is 27.2 Å². The summed E-state index contributed by atoms with van der Waals surface area (Å²) in [6.45, 7) is 11.1. The summed E-state index contributed by atoms with van der Waals surface area (Å²) in [4.78, 5) is 2.52. The van der Waals surface area contributed by atoms with Crippen molar-refractivity contribution in [2.75, 3.05) is 26.2 Å². The van der Waals surface area contributed by atoms with Gasteiger partial charge in [-0.15, -0.1) is 0 Å². The van der Waals surface area contributed by atoms with Crippen LogP contribution >= 0.6 is 0 Å². The predicted octanol–water partition coefficient (Wildman–Crippen LogP) is 0.408. The molecule has 0 bridgehead atoms. The molecule has 3 N–H and O–H groups in total. The van der Waals surface area contributed by atoms with Crippen molar-refractivity contribution in [1.29, 1.82) is 0 Å². The summed E-state index contributed by atoms with van der Waals surface area (Å²) in [7, 11) is 0. The molecule has 1 unspecified atom stereocenters. The van der Waals surface area contributed by atoms with Crippen LogP contribution in [0.15, 0.2) is 0 Å². The Kier molecular flexibility index (Phi) is 3.71. The Balaban J connectivity index is 2.33. The Bertz CT molecular complexity index is 145. The zero-order chi connectivity index (χ0) is 9.90. The third-order valence-corrected chi connectivity index (χ3v) is 2.60. The van der Waals surface area contributed by atoms with E-state index in [2.05, 4.69) is 31.0 Å². The molecule has 1 fully saturated rings. The van der Waals surface area contributed by atoms with E-state index in [4.69, 9.17) is 5.73 Å². The molecule has 0 aromatic heterocycles. The Hall–Kier alpha value is -0.120. The van der Waals surface area contributed by atoms with Crippen LogP contribution in [0.25, 0.3) is 0 Å². The highest BCUT2D eigenvalue weighted by Gasteiger charge is 2.21. The van der Waals surface area contributed by atoms with E-state index >= 15 is 0 Å². The van der Waals surface area contributed by atoms with Crippen molar-refractivity contribution in [2.24, 2.45) is 5.73 Å². The van der Waals surface area contributed by atoms with Gasteiger partial charge in [0.15, 0.2) is 0 Å². The lowest BCUT2D eigenvalue weighted by atomic mass is 9.96. The lowest BCUT2D eigenvalue weighted by Gasteiger charge is -2.35. The van der Waals surface area contributed by atoms with Crippen LogP contribution in [0.3, 0.4) is 0 Å². The van der Waals surface area contributed by atoms with Gasteiger partial charge in [0.05, 0.1) is 0 Å². The number of nitrogens with two attached hydrogens (primary N) is 1. The maximum Gasteiger partial charge on any atom is 0.0112 e. The fourth-order valence-electron chi connectivity index (χ4n) is 2.01. The molecule has 1 saturated heterocycles. The number of rotatable bonds is 3. The van der Waals surface area contributed by atoms with Gasteiger partial charge in [0, 0.05) is 37.8 Å². The van der Waals surface area contributed by atoms with Gasteiger partial charge in [-0.25, -0.2) is 0 Å². The van der Waals surface area contributed by atoms with Crippen molar-refractivity contribution in [3.63, 3.8) is 0 Å². The van der Waals surface area contributed by atoms with Crippen LogP contribution < -0.4 is 11.1 Å². The first kappa shape index (κ1) is 11.0. The van der Waals surface area contributed by atoms with Gasteiger partial charge >= 0.3 is 0 Å². The Labute approximate surface area is 81.7 Å². The summed E-state index contributed by atoms with van der Waals surface area (Å²) in [5.74, 6) is 0.